The molecule has 0 aliphatic carbocycles. The Labute approximate surface area is 106 Å². The van der Waals surface area contributed by atoms with Gasteiger partial charge < -0.3 is 5.32 Å². The Bertz CT molecular complexity index is 320. The average Bonchev–Trinajstić information content (AvgIpc) is 2.16. The van der Waals surface area contributed by atoms with Gasteiger partial charge >= 0.3 is 6.18 Å². The average molecular weight is 268 g/mol. The van der Waals surface area contributed by atoms with Crippen LogP contribution in [-0.2, 0) is 12.7 Å². The van der Waals surface area contributed by atoms with Crippen LogP contribution in [0.2, 0.25) is 0 Å². The number of benzene rings is 1. The Morgan fingerprint density at radius 2 is 1.65 bits per heavy atom. The summed E-state index contributed by atoms with van der Waals surface area (Å²) in [6.07, 6.45) is -4.25. The molecule has 0 heterocycles. The molecule has 0 amide bonds. The van der Waals surface area contributed by atoms with Gasteiger partial charge in [0.05, 0.1) is 5.56 Å². The maximum absolute atomic E-state index is 12.3. The van der Waals surface area contributed by atoms with Gasteiger partial charge in [-0.1, -0.05) is 26.0 Å². The van der Waals surface area contributed by atoms with Gasteiger partial charge in [-0.3, -0.25) is 0 Å². The zero-order chi connectivity index (χ0) is 12.2. The first kappa shape index (κ1) is 16.3. The highest BCUT2D eigenvalue weighted by Crippen LogP contribution is 2.28. The van der Waals surface area contributed by atoms with Crippen molar-refractivity contribution in [1.82, 2.24) is 5.32 Å². The fourth-order valence-electron chi connectivity index (χ4n) is 1.32. The zero-order valence-electron chi connectivity index (χ0n) is 9.84. The van der Waals surface area contributed by atoms with E-state index in [1.165, 1.54) is 12.1 Å². The van der Waals surface area contributed by atoms with Gasteiger partial charge in [-0.15, -0.1) is 12.4 Å². The molecule has 0 radical (unpaired) electrons. The molecule has 0 fully saturated rings. The van der Waals surface area contributed by atoms with Crippen LogP contribution in [0.1, 0.15) is 25.0 Å². The Balaban J connectivity index is 0.00000256. The Hall–Kier alpha value is -0.740. The summed E-state index contributed by atoms with van der Waals surface area (Å²) in [4.78, 5) is 0. The molecule has 0 atom stereocenters. The van der Waals surface area contributed by atoms with Gasteiger partial charge in [-0.2, -0.15) is 13.2 Å². The van der Waals surface area contributed by atoms with E-state index in [1.54, 1.807) is 0 Å². The molecule has 1 rings (SSSR count). The van der Waals surface area contributed by atoms with Gasteiger partial charge in [0.1, 0.15) is 0 Å². The van der Waals surface area contributed by atoms with Crippen LogP contribution in [0.5, 0.6) is 0 Å². The molecule has 0 aromatic heterocycles. The van der Waals surface area contributed by atoms with Gasteiger partial charge in [0, 0.05) is 6.54 Å². The molecule has 0 aliphatic rings. The van der Waals surface area contributed by atoms with Gasteiger partial charge in [0.15, 0.2) is 0 Å². The van der Waals surface area contributed by atoms with E-state index in [2.05, 4.69) is 19.2 Å². The van der Waals surface area contributed by atoms with Gasteiger partial charge in [0.2, 0.25) is 0 Å². The van der Waals surface area contributed by atoms with Crippen molar-refractivity contribution in [1.29, 1.82) is 0 Å². The summed E-state index contributed by atoms with van der Waals surface area (Å²) in [5.41, 5.74) is 0.272. The third-order valence-electron chi connectivity index (χ3n) is 2.16. The van der Waals surface area contributed by atoms with Crippen molar-refractivity contribution in [3.8, 4) is 0 Å². The first-order chi connectivity index (χ1) is 7.39. The minimum Gasteiger partial charge on any atom is -0.312 e. The van der Waals surface area contributed by atoms with E-state index in [0.717, 1.165) is 24.2 Å². The first-order valence-electron chi connectivity index (χ1n) is 5.26. The highest BCUT2D eigenvalue weighted by Gasteiger charge is 2.29. The number of rotatable bonds is 4. The van der Waals surface area contributed by atoms with Crippen molar-refractivity contribution in [2.24, 2.45) is 5.92 Å². The van der Waals surface area contributed by atoms with Crippen LogP contribution in [0.4, 0.5) is 13.2 Å². The van der Waals surface area contributed by atoms with Crippen molar-refractivity contribution >= 4 is 12.4 Å². The minimum atomic E-state index is -4.25. The maximum atomic E-state index is 12.3. The van der Waals surface area contributed by atoms with E-state index in [9.17, 15) is 13.2 Å². The fourth-order valence-corrected chi connectivity index (χ4v) is 1.32. The van der Waals surface area contributed by atoms with Crippen molar-refractivity contribution in [2.75, 3.05) is 6.54 Å². The van der Waals surface area contributed by atoms with E-state index in [1.807, 2.05) is 0 Å². The van der Waals surface area contributed by atoms with Gasteiger partial charge in [-0.25, -0.2) is 0 Å². The second-order valence-corrected chi connectivity index (χ2v) is 4.22. The molecule has 1 aromatic carbocycles. The molecule has 0 saturated carbocycles. The molecule has 1 nitrogen and oxygen atoms in total. The van der Waals surface area contributed by atoms with Crippen LogP contribution < -0.4 is 5.32 Å². The number of nitrogens with one attached hydrogen (secondary N) is 1. The summed E-state index contributed by atoms with van der Waals surface area (Å²) < 4.78 is 36.8. The van der Waals surface area contributed by atoms with E-state index in [0.29, 0.717) is 12.5 Å². The lowest BCUT2D eigenvalue weighted by atomic mass is 10.1. The van der Waals surface area contributed by atoms with Crippen molar-refractivity contribution in [3.05, 3.63) is 35.4 Å². The molecule has 0 aliphatic heterocycles. The second kappa shape index (κ2) is 6.87. The lowest BCUT2D eigenvalue weighted by molar-refractivity contribution is -0.137. The predicted octanol–water partition coefficient (Wildman–Crippen LogP) is 3.87. The third-order valence-corrected chi connectivity index (χ3v) is 2.16. The lowest BCUT2D eigenvalue weighted by Crippen LogP contribution is -2.19. The third kappa shape index (κ3) is 5.94. The van der Waals surface area contributed by atoms with Crippen molar-refractivity contribution < 1.29 is 13.2 Å². The van der Waals surface area contributed by atoms with E-state index < -0.39 is 11.7 Å². The highest BCUT2D eigenvalue weighted by molar-refractivity contribution is 5.85. The molecule has 98 valence electrons. The largest absolute Gasteiger partial charge is 0.416 e. The van der Waals surface area contributed by atoms with Gasteiger partial charge in [0.25, 0.3) is 0 Å². The number of hydrogen-bond donors (Lipinski definition) is 1. The monoisotopic (exact) mass is 267 g/mol. The van der Waals surface area contributed by atoms with Crippen LogP contribution in [0.25, 0.3) is 0 Å². The zero-order valence-corrected chi connectivity index (χ0v) is 10.7. The predicted molar refractivity (Wildman–Crippen MR) is 65.2 cm³/mol. The molecule has 5 heteroatoms. The van der Waals surface area contributed by atoms with Crippen LogP contribution in [-0.4, -0.2) is 6.54 Å². The van der Waals surface area contributed by atoms with Crippen molar-refractivity contribution in [3.63, 3.8) is 0 Å². The van der Waals surface area contributed by atoms with Crippen LogP contribution in [0.3, 0.4) is 0 Å². The first-order valence-corrected chi connectivity index (χ1v) is 5.26. The maximum Gasteiger partial charge on any atom is 0.416 e. The molecule has 0 unspecified atom stereocenters. The van der Waals surface area contributed by atoms with E-state index >= 15 is 0 Å². The quantitative estimate of drug-likeness (QED) is 0.873. The van der Waals surface area contributed by atoms with Crippen LogP contribution >= 0.6 is 12.4 Å². The number of hydrogen-bond acceptors (Lipinski definition) is 1. The minimum absolute atomic E-state index is 0. The molecular weight excluding hydrogens is 251 g/mol. The highest BCUT2D eigenvalue weighted by atomic mass is 35.5. The molecule has 0 spiro atoms. The fraction of sp³-hybridized carbons (Fsp3) is 0.500. The normalized spacial score (nSPS) is 11.4. The molecular formula is C12H17ClF3N. The molecule has 1 N–H and O–H groups in total. The molecule has 17 heavy (non-hydrogen) atoms. The molecule has 1 aromatic rings. The summed E-state index contributed by atoms with van der Waals surface area (Å²) in [5.74, 6) is 0.537. The Kier molecular flexibility index (Phi) is 6.57. The molecule has 0 saturated heterocycles. The van der Waals surface area contributed by atoms with Crippen LogP contribution in [0, 0.1) is 5.92 Å². The number of halogens is 4. The topological polar surface area (TPSA) is 12.0 Å². The smallest absolute Gasteiger partial charge is 0.312 e. The summed E-state index contributed by atoms with van der Waals surface area (Å²) in [6, 6.07) is 5.26. The van der Waals surface area contributed by atoms with Crippen LogP contribution in [0.15, 0.2) is 24.3 Å². The Morgan fingerprint density at radius 3 is 2.06 bits per heavy atom. The lowest BCUT2D eigenvalue weighted by Gasteiger charge is -2.09. The SMILES string of the molecule is CC(C)CNCc1ccc(C(F)(F)F)cc1.Cl. The second-order valence-electron chi connectivity index (χ2n) is 4.22. The van der Waals surface area contributed by atoms with Crippen molar-refractivity contribution in [2.45, 2.75) is 26.6 Å². The summed E-state index contributed by atoms with van der Waals surface area (Å²) >= 11 is 0. The van der Waals surface area contributed by atoms with E-state index in [4.69, 9.17) is 0 Å². The standard InChI is InChI=1S/C12H16F3N.ClH/c1-9(2)7-16-8-10-3-5-11(6-4-10)12(13,14)15;/h3-6,9,16H,7-8H2,1-2H3;1H. The number of alkyl halides is 3. The van der Waals surface area contributed by atoms with E-state index in [-0.39, 0.29) is 12.4 Å². The Morgan fingerprint density at radius 1 is 1.12 bits per heavy atom. The van der Waals surface area contributed by atoms with Gasteiger partial charge in [-0.05, 0) is 30.2 Å². The molecule has 0 bridgehead atoms. The summed E-state index contributed by atoms with van der Waals surface area (Å²) in [7, 11) is 0. The summed E-state index contributed by atoms with van der Waals surface area (Å²) in [5, 5.41) is 3.18. The summed E-state index contributed by atoms with van der Waals surface area (Å²) in [6.45, 7) is 5.64.